The first-order valence-corrected chi connectivity index (χ1v) is 6.41. The van der Waals surface area contributed by atoms with E-state index in [1.807, 2.05) is 0 Å². The van der Waals surface area contributed by atoms with Gasteiger partial charge in [0.1, 0.15) is 0 Å². The monoisotopic (exact) mass is 330 g/mol. The number of halogens is 1. The fourth-order valence-electron chi connectivity index (χ4n) is 1.31. The number of carbonyl (C=O) groups is 2. The van der Waals surface area contributed by atoms with Crippen molar-refractivity contribution in [1.29, 1.82) is 0 Å². The molecule has 0 amide bonds. The standard InChI is InChI=1S/C12H15BrN2O4/c1-12(2,11-14-6-8(13)7-15-11)19-10(17)5-4-9(16)18-3/h6-7H,4-5H2,1-3H3. The van der Waals surface area contributed by atoms with Gasteiger partial charge in [-0.2, -0.15) is 0 Å². The van der Waals surface area contributed by atoms with Gasteiger partial charge in [-0.3, -0.25) is 9.59 Å². The predicted octanol–water partition coefficient (Wildman–Crippen LogP) is 1.97. The molecule has 1 aromatic heterocycles. The predicted molar refractivity (Wildman–Crippen MR) is 70.1 cm³/mol. The summed E-state index contributed by atoms with van der Waals surface area (Å²) in [6.07, 6.45) is 3.11. The van der Waals surface area contributed by atoms with Crippen LogP contribution in [-0.4, -0.2) is 29.0 Å². The first kappa shape index (κ1) is 15.6. The van der Waals surface area contributed by atoms with Gasteiger partial charge in [0.25, 0.3) is 0 Å². The molecule has 0 saturated heterocycles. The van der Waals surface area contributed by atoms with Gasteiger partial charge in [-0.1, -0.05) is 0 Å². The number of hydrogen-bond donors (Lipinski definition) is 0. The molecule has 1 aromatic rings. The van der Waals surface area contributed by atoms with E-state index in [0.29, 0.717) is 5.82 Å². The number of esters is 2. The minimum Gasteiger partial charge on any atom is -0.469 e. The van der Waals surface area contributed by atoms with Gasteiger partial charge in [-0.25, -0.2) is 9.97 Å². The molecule has 7 heteroatoms. The molecule has 1 rings (SSSR count). The largest absolute Gasteiger partial charge is 0.469 e. The Kier molecular flexibility index (Phi) is 5.41. The highest BCUT2D eigenvalue weighted by Crippen LogP contribution is 2.22. The Labute approximate surface area is 119 Å². The number of methoxy groups -OCH3 is 1. The number of ether oxygens (including phenoxy) is 2. The van der Waals surface area contributed by atoms with Gasteiger partial charge in [0.15, 0.2) is 11.4 Å². The van der Waals surface area contributed by atoms with Crippen LogP contribution >= 0.6 is 15.9 Å². The van der Waals surface area contributed by atoms with E-state index in [1.54, 1.807) is 26.2 Å². The number of nitrogens with zero attached hydrogens (tertiary/aromatic N) is 2. The lowest BCUT2D eigenvalue weighted by Crippen LogP contribution is -2.28. The molecule has 0 unspecified atom stereocenters. The van der Waals surface area contributed by atoms with E-state index in [2.05, 4.69) is 30.6 Å². The van der Waals surface area contributed by atoms with Crippen LogP contribution in [0.5, 0.6) is 0 Å². The normalized spacial score (nSPS) is 10.9. The Hall–Kier alpha value is -1.50. The molecule has 0 aromatic carbocycles. The van der Waals surface area contributed by atoms with E-state index in [0.717, 1.165) is 4.47 Å². The smallest absolute Gasteiger partial charge is 0.307 e. The topological polar surface area (TPSA) is 78.4 Å². The van der Waals surface area contributed by atoms with Crippen LogP contribution in [0.25, 0.3) is 0 Å². The highest BCUT2D eigenvalue weighted by molar-refractivity contribution is 9.10. The average molecular weight is 331 g/mol. The van der Waals surface area contributed by atoms with Gasteiger partial charge >= 0.3 is 11.9 Å². The lowest BCUT2D eigenvalue weighted by Gasteiger charge is -2.23. The molecular formula is C12H15BrN2O4. The summed E-state index contributed by atoms with van der Waals surface area (Å²) < 4.78 is 10.5. The molecule has 6 nitrogen and oxygen atoms in total. The molecule has 19 heavy (non-hydrogen) atoms. The Morgan fingerprint density at radius 1 is 1.21 bits per heavy atom. The summed E-state index contributed by atoms with van der Waals surface area (Å²) in [7, 11) is 1.27. The average Bonchev–Trinajstić information content (AvgIpc) is 2.36. The third-order valence-corrected chi connectivity index (χ3v) is 2.70. The van der Waals surface area contributed by atoms with Crippen molar-refractivity contribution in [3.8, 4) is 0 Å². The maximum Gasteiger partial charge on any atom is 0.307 e. The van der Waals surface area contributed by atoms with Gasteiger partial charge in [0, 0.05) is 12.4 Å². The van der Waals surface area contributed by atoms with Gasteiger partial charge in [0.05, 0.1) is 24.4 Å². The molecule has 104 valence electrons. The van der Waals surface area contributed by atoms with Gasteiger partial charge < -0.3 is 9.47 Å². The van der Waals surface area contributed by atoms with Crippen molar-refractivity contribution in [3.05, 3.63) is 22.7 Å². The number of rotatable bonds is 5. The minimum absolute atomic E-state index is 0.00733. The second kappa shape index (κ2) is 6.60. The second-order valence-electron chi connectivity index (χ2n) is 4.29. The van der Waals surface area contributed by atoms with Crippen LogP contribution in [0, 0.1) is 0 Å². The van der Waals surface area contributed by atoms with Crippen molar-refractivity contribution in [2.45, 2.75) is 32.3 Å². The molecule has 0 bridgehead atoms. The first-order valence-electron chi connectivity index (χ1n) is 5.62. The van der Waals surface area contributed by atoms with Crippen molar-refractivity contribution in [1.82, 2.24) is 9.97 Å². The fourth-order valence-corrected chi connectivity index (χ4v) is 1.52. The molecule has 0 atom stereocenters. The molecule has 0 saturated carbocycles. The van der Waals surface area contributed by atoms with Crippen molar-refractivity contribution in [3.63, 3.8) is 0 Å². The summed E-state index contributed by atoms with van der Waals surface area (Å²) in [6.45, 7) is 3.37. The minimum atomic E-state index is -0.950. The van der Waals surface area contributed by atoms with E-state index in [-0.39, 0.29) is 12.8 Å². The highest BCUT2D eigenvalue weighted by atomic mass is 79.9. The fraction of sp³-hybridized carbons (Fsp3) is 0.500. The lowest BCUT2D eigenvalue weighted by molar-refractivity contribution is -0.160. The summed E-state index contributed by atoms with van der Waals surface area (Å²) >= 11 is 3.23. The summed E-state index contributed by atoms with van der Waals surface area (Å²) in [5.41, 5.74) is -0.950. The van der Waals surface area contributed by atoms with Crippen molar-refractivity contribution in [2.24, 2.45) is 0 Å². The number of carbonyl (C=O) groups excluding carboxylic acids is 2. The molecule has 0 radical (unpaired) electrons. The summed E-state index contributed by atoms with van der Waals surface area (Å²) in [5, 5.41) is 0. The van der Waals surface area contributed by atoms with E-state index >= 15 is 0 Å². The van der Waals surface area contributed by atoms with Gasteiger partial charge in [-0.15, -0.1) is 0 Å². The van der Waals surface area contributed by atoms with Crippen LogP contribution in [0.15, 0.2) is 16.9 Å². The zero-order chi connectivity index (χ0) is 14.5. The molecule has 1 heterocycles. The Morgan fingerprint density at radius 3 is 2.26 bits per heavy atom. The third kappa shape index (κ3) is 4.94. The van der Waals surface area contributed by atoms with E-state index in [1.165, 1.54) is 7.11 Å². The van der Waals surface area contributed by atoms with Crippen molar-refractivity contribution >= 4 is 27.9 Å². The van der Waals surface area contributed by atoms with Crippen LogP contribution in [0.1, 0.15) is 32.5 Å². The van der Waals surface area contributed by atoms with Crippen molar-refractivity contribution < 1.29 is 19.1 Å². The lowest BCUT2D eigenvalue weighted by atomic mass is 10.1. The van der Waals surface area contributed by atoms with Crippen LogP contribution in [-0.2, 0) is 24.7 Å². The molecule has 0 aliphatic carbocycles. The zero-order valence-corrected chi connectivity index (χ0v) is 12.6. The molecule has 0 aliphatic rings. The quantitative estimate of drug-likeness (QED) is 0.768. The Bertz CT molecular complexity index is 459. The van der Waals surface area contributed by atoms with Crippen LogP contribution in [0.2, 0.25) is 0 Å². The maximum atomic E-state index is 11.6. The molecule has 0 aliphatic heterocycles. The second-order valence-corrected chi connectivity index (χ2v) is 5.20. The third-order valence-electron chi connectivity index (χ3n) is 2.29. The highest BCUT2D eigenvalue weighted by Gasteiger charge is 2.28. The van der Waals surface area contributed by atoms with Crippen molar-refractivity contribution in [2.75, 3.05) is 7.11 Å². The SMILES string of the molecule is COC(=O)CCC(=O)OC(C)(C)c1ncc(Br)cn1. The first-order chi connectivity index (χ1) is 8.85. The number of aromatic nitrogens is 2. The van der Waals surface area contributed by atoms with Crippen LogP contribution in [0.4, 0.5) is 0 Å². The molecule has 0 fully saturated rings. The zero-order valence-electron chi connectivity index (χ0n) is 11.0. The number of hydrogen-bond acceptors (Lipinski definition) is 6. The van der Waals surface area contributed by atoms with Crippen LogP contribution in [0.3, 0.4) is 0 Å². The summed E-state index contributed by atoms with van der Waals surface area (Å²) in [5.74, 6) is -0.557. The van der Waals surface area contributed by atoms with Gasteiger partial charge in [-0.05, 0) is 29.8 Å². The summed E-state index contributed by atoms with van der Waals surface area (Å²) in [4.78, 5) is 30.7. The van der Waals surface area contributed by atoms with E-state index in [9.17, 15) is 9.59 Å². The summed E-state index contributed by atoms with van der Waals surface area (Å²) in [6, 6.07) is 0. The van der Waals surface area contributed by atoms with E-state index in [4.69, 9.17) is 4.74 Å². The van der Waals surface area contributed by atoms with Gasteiger partial charge in [0.2, 0.25) is 0 Å². The molecule has 0 N–H and O–H groups in total. The van der Waals surface area contributed by atoms with Crippen LogP contribution < -0.4 is 0 Å². The maximum absolute atomic E-state index is 11.6. The molecule has 0 spiro atoms. The Balaban J connectivity index is 2.61. The molecular weight excluding hydrogens is 316 g/mol. The van der Waals surface area contributed by atoms with E-state index < -0.39 is 17.5 Å². The Morgan fingerprint density at radius 2 is 1.74 bits per heavy atom.